The van der Waals surface area contributed by atoms with E-state index in [4.69, 9.17) is 4.74 Å². The van der Waals surface area contributed by atoms with Gasteiger partial charge in [0.1, 0.15) is 11.5 Å². The largest absolute Gasteiger partial charge is 0.463 e. The number of nitrogens with zero attached hydrogens (tertiary/aromatic N) is 5. The topological polar surface area (TPSA) is 81.7 Å². The highest BCUT2D eigenvalue weighted by molar-refractivity contribution is 5.93. The molecular formula is C28H28FN5O3. The molecule has 1 aliphatic heterocycles. The number of esters is 1. The van der Waals surface area contributed by atoms with Crippen molar-refractivity contribution in [3.8, 4) is 11.3 Å². The van der Waals surface area contributed by atoms with Gasteiger partial charge in [-0.15, -0.1) is 0 Å². The van der Waals surface area contributed by atoms with Crippen LogP contribution in [0, 0.1) is 5.82 Å². The average molecular weight is 502 g/mol. The first-order chi connectivity index (χ1) is 17.9. The minimum Gasteiger partial charge on any atom is -0.463 e. The van der Waals surface area contributed by atoms with E-state index in [1.807, 2.05) is 37.1 Å². The van der Waals surface area contributed by atoms with Gasteiger partial charge in [-0.05, 0) is 50.6 Å². The molecule has 0 aliphatic carbocycles. The van der Waals surface area contributed by atoms with Crippen molar-refractivity contribution in [3.05, 3.63) is 83.2 Å². The lowest BCUT2D eigenvalue weighted by Gasteiger charge is -2.34. The molecule has 8 nitrogen and oxygen atoms in total. The Morgan fingerprint density at radius 1 is 1.16 bits per heavy atom. The zero-order chi connectivity index (χ0) is 26.1. The Bertz CT molecular complexity index is 1520. The molecule has 0 radical (unpaired) electrons. The van der Waals surface area contributed by atoms with Crippen molar-refractivity contribution in [2.75, 3.05) is 13.2 Å². The monoisotopic (exact) mass is 501 g/mol. The van der Waals surface area contributed by atoms with Gasteiger partial charge in [0.15, 0.2) is 5.65 Å². The van der Waals surface area contributed by atoms with Crippen LogP contribution in [0.5, 0.6) is 0 Å². The number of hydrogen-bond donors (Lipinski definition) is 0. The van der Waals surface area contributed by atoms with Crippen LogP contribution < -0.4 is 0 Å². The van der Waals surface area contributed by atoms with Crippen LogP contribution in [0.1, 0.15) is 54.3 Å². The molecule has 1 aliphatic rings. The molecule has 1 atom stereocenters. The van der Waals surface area contributed by atoms with Crippen LogP contribution in [0.2, 0.25) is 0 Å². The van der Waals surface area contributed by atoms with E-state index in [1.54, 1.807) is 41.8 Å². The van der Waals surface area contributed by atoms with Crippen LogP contribution in [0.25, 0.3) is 23.0 Å². The summed E-state index contributed by atoms with van der Waals surface area (Å²) in [7, 11) is 0. The van der Waals surface area contributed by atoms with Crippen LogP contribution in [0.3, 0.4) is 0 Å². The molecule has 3 aromatic heterocycles. The van der Waals surface area contributed by atoms with Gasteiger partial charge in [0.2, 0.25) is 0 Å². The summed E-state index contributed by atoms with van der Waals surface area (Å²) in [5.74, 6) is -1.19. The SMILES string of the molecule is CCOC(=O)/C=C/c1cccc(-c2cc3nc(C(=O)N4CCn5cccc5C4C)cc(CC)n3n2)c1F. The molecule has 0 saturated heterocycles. The van der Waals surface area contributed by atoms with Crippen LogP contribution in [-0.4, -0.2) is 49.1 Å². The number of aromatic nitrogens is 4. The van der Waals surface area contributed by atoms with Crippen molar-refractivity contribution < 1.29 is 18.7 Å². The van der Waals surface area contributed by atoms with Crippen molar-refractivity contribution in [1.29, 1.82) is 0 Å². The highest BCUT2D eigenvalue weighted by Crippen LogP contribution is 2.29. The first kappa shape index (κ1) is 24.4. The van der Waals surface area contributed by atoms with E-state index in [9.17, 15) is 9.59 Å². The maximum absolute atomic E-state index is 15.4. The fraction of sp³-hybridized carbons (Fsp3) is 0.286. The summed E-state index contributed by atoms with van der Waals surface area (Å²) in [6.45, 7) is 7.27. The molecule has 0 spiro atoms. The molecular weight excluding hydrogens is 473 g/mol. The predicted octanol–water partition coefficient (Wildman–Crippen LogP) is 4.69. The summed E-state index contributed by atoms with van der Waals surface area (Å²) in [5.41, 5.74) is 3.61. The Kier molecular flexibility index (Phi) is 6.60. The maximum atomic E-state index is 15.4. The smallest absolute Gasteiger partial charge is 0.330 e. The Labute approximate surface area is 214 Å². The van der Waals surface area contributed by atoms with E-state index >= 15 is 4.39 Å². The number of fused-ring (bicyclic) bond motifs is 2. The van der Waals surface area contributed by atoms with E-state index in [0.29, 0.717) is 30.0 Å². The minimum atomic E-state index is -0.537. The number of ether oxygens (including phenoxy) is 1. The van der Waals surface area contributed by atoms with Crippen LogP contribution in [-0.2, 0) is 22.5 Å². The Morgan fingerprint density at radius 3 is 2.78 bits per heavy atom. The van der Waals surface area contributed by atoms with E-state index in [-0.39, 0.29) is 29.7 Å². The summed E-state index contributed by atoms with van der Waals surface area (Å²) in [4.78, 5) is 31.6. The second kappa shape index (κ2) is 10.0. The minimum absolute atomic E-state index is 0.0701. The number of hydrogen-bond acceptors (Lipinski definition) is 5. The summed E-state index contributed by atoms with van der Waals surface area (Å²) in [5, 5.41) is 4.60. The third-order valence-corrected chi connectivity index (χ3v) is 6.68. The number of carbonyl (C=O) groups excluding carboxylic acids is 2. The van der Waals surface area contributed by atoms with Crippen LogP contribution in [0.15, 0.2) is 54.7 Å². The van der Waals surface area contributed by atoms with Gasteiger partial charge in [0.05, 0.1) is 18.3 Å². The number of rotatable bonds is 6. The first-order valence-corrected chi connectivity index (χ1v) is 12.4. The summed E-state index contributed by atoms with van der Waals surface area (Å²) in [6.07, 6.45) is 5.23. The molecule has 9 heteroatoms. The Hall–Kier alpha value is -4.27. The molecule has 4 heterocycles. The maximum Gasteiger partial charge on any atom is 0.330 e. The van der Waals surface area contributed by atoms with E-state index in [2.05, 4.69) is 14.6 Å². The number of amides is 1. The Balaban J connectivity index is 1.49. The molecule has 4 aromatic rings. The molecule has 1 aromatic carbocycles. The quantitative estimate of drug-likeness (QED) is 0.283. The van der Waals surface area contributed by atoms with Crippen molar-refractivity contribution >= 4 is 23.6 Å². The van der Waals surface area contributed by atoms with E-state index in [1.165, 1.54) is 12.2 Å². The Morgan fingerprint density at radius 2 is 2.00 bits per heavy atom. The summed E-state index contributed by atoms with van der Waals surface area (Å²) >= 11 is 0. The van der Waals surface area contributed by atoms with E-state index < -0.39 is 11.8 Å². The van der Waals surface area contributed by atoms with Crippen LogP contribution in [0.4, 0.5) is 4.39 Å². The van der Waals surface area contributed by atoms with Crippen molar-refractivity contribution in [2.45, 2.75) is 39.8 Å². The standard InChI is InChI=1S/C28H28FN5O3/c1-4-20-16-23(28(36)33-15-14-32-13-7-10-24(32)18(33)3)30-25-17-22(31-34(20)25)21-9-6-8-19(27(21)29)11-12-26(35)37-5-2/h6-13,16-18H,4-5,14-15H2,1-3H3/b12-11+. The lowest BCUT2D eigenvalue weighted by molar-refractivity contribution is -0.137. The molecule has 0 bridgehead atoms. The fourth-order valence-electron chi connectivity index (χ4n) is 4.76. The highest BCUT2D eigenvalue weighted by atomic mass is 19.1. The van der Waals surface area contributed by atoms with Crippen molar-refractivity contribution in [2.24, 2.45) is 0 Å². The lowest BCUT2D eigenvalue weighted by Crippen LogP contribution is -2.41. The van der Waals surface area contributed by atoms with Crippen molar-refractivity contribution in [3.63, 3.8) is 0 Å². The van der Waals surface area contributed by atoms with Gasteiger partial charge in [-0.2, -0.15) is 5.10 Å². The van der Waals surface area contributed by atoms with Gasteiger partial charge in [-0.25, -0.2) is 18.7 Å². The van der Waals surface area contributed by atoms with Gasteiger partial charge in [0.25, 0.3) is 5.91 Å². The van der Waals surface area contributed by atoms with Crippen LogP contribution >= 0.6 is 0 Å². The average Bonchev–Trinajstić information content (AvgIpc) is 3.55. The third-order valence-electron chi connectivity index (χ3n) is 6.68. The number of benzene rings is 1. The van der Waals surface area contributed by atoms with Gasteiger partial charge in [-0.1, -0.05) is 19.1 Å². The van der Waals surface area contributed by atoms with Gasteiger partial charge in [0, 0.05) is 53.9 Å². The molecule has 37 heavy (non-hydrogen) atoms. The highest BCUT2D eigenvalue weighted by Gasteiger charge is 2.29. The number of carbonyl (C=O) groups is 2. The summed E-state index contributed by atoms with van der Waals surface area (Å²) in [6, 6.07) is 12.3. The molecule has 190 valence electrons. The molecule has 0 saturated carbocycles. The van der Waals surface area contributed by atoms with E-state index in [0.717, 1.165) is 17.9 Å². The predicted molar refractivity (Wildman–Crippen MR) is 137 cm³/mol. The second-order valence-corrected chi connectivity index (χ2v) is 8.88. The normalized spacial score (nSPS) is 15.4. The molecule has 5 rings (SSSR count). The molecule has 1 unspecified atom stereocenters. The first-order valence-electron chi connectivity index (χ1n) is 12.4. The molecule has 0 N–H and O–H groups in total. The molecule has 1 amide bonds. The number of halogens is 1. The fourth-order valence-corrected chi connectivity index (χ4v) is 4.76. The lowest BCUT2D eigenvalue weighted by atomic mass is 10.1. The summed E-state index contributed by atoms with van der Waals surface area (Å²) < 4.78 is 24.0. The number of aryl methyl sites for hydroxylation is 1. The zero-order valence-electron chi connectivity index (χ0n) is 21.0. The zero-order valence-corrected chi connectivity index (χ0v) is 21.0. The van der Waals surface area contributed by atoms with Gasteiger partial charge in [-0.3, -0.25) is 4.79 Å². The second-order valence-electron chi connectivity index (χ2n) is 8.88. The third kappa shape index (κ3) is 4.52. The van der Waals surface area contributed by atoms with Gasteiger partial charge >= 0.3 is 5.97 Å². The van der Waals surface area contributed by atoms with Gasteiger partial charge < -0.3 is 14.2 Å². The van der Waals surface area contributed by atoms with Crippen molar-refractivity contribution in [1.82, 2.24) is 24.1 Å². The molecule has 0 fully saturated rings.